The Bertz CT molecular complexity index is 425. The maximum absolute atomic E-state index is 12.3. The lowest BCUT2D eigenvalue weighted by molar-refractivity contribution is 0.0720. The number of amides is 1. The van der Waals surface area contributed by atoms with E-state index in [-0.39, 0.29) is 11.9 Å². The standard InChI is InChI=1S/C11H19N5OS/c1-2-14-11-15-9(13)8(18-11)10(17)16-5-3-7(12)4-6-16/h7H,2-6,12-13H2,1H3,(H,14,15). The van der Waals surface area contributed by atoms with Crippen molar-refractivity contribution in [3.05, 3.63) is 4.88 Å². The number of likely N-dealkylation sites (tertiary alicyclic amines) is 1. The van der Waals surface area contributed by atoms with Gasteiger partial charge in [0.05, 0.1) is 0 Å². The van der Waals surface area contributed by atoms with E-state index in [2.05, 4.69) is 10.3 Å². The summed E-state index contributed by atoms with van der Waals surface area (Å²) in [6.45, 7) is 4.14. The summed E-state index contributed by atoms with van der Waals surface area (Å²) >= 11 is 1.32. The zero-order valence-electron chi connectivity index (χ0n) is 10.5. The first-order valence-electron chi connectivity index (χ1n) is 6.16. The maximum Gasteiger partial charge on any atom is 0.267 e. The summed E-state index contributed by atoms with van der Waals surface area (Å²) in [6, 6.07) is 0.213. The molecule has 1 fully saturated rings. The van der Waals surface area contributed by atoms with Crippen LogP contribution in [0.2, 0.25) is 0 Å². The van der Waals surface area contributed by atoms with Crippen molar-refractivity contribution in [3.8, 4) is 0 Å². The first-order valence-corrected chi connectivity index (χ1v) is 6.98. The maximum atomic E-state index is 12.3. The third kappa shape index (κ3) is 2.73. The lowest BCUT2D eigenvalue weighted by Crippen LogP contribution is -2.42. The fraction of sp³-hybridized carbons (Fsp3) is 0.636. The summed E-state index contributed by atoms with van der Waals surface area (Å²) in [6.07, 6.45) is 1.70. The number of anilines is 2. The van der Waals surface area contributed by atoms with Crippen LogP contribution >= 0.6 is 11.3 Å². The number of nitrogen functional groups attached to an aromatic ring is 1. The third-order valence-corrected chi connectivity index (χ3v) is 4.02. The fourth-order valence-electron chi connectivity index (χ4n) is 1.96. The van der Waals surface area contributed by atoms with Gasteiger partial charge in [0.2, 0.25) is 0 Å². The van der Waals surface area contributed by atoms with Crippen LogP contribution in [0.4, 0.5) is 10.9 Å². The quantitative estimate of drug-likeness (QED) is 0.751. The van der Waals surface area contributed by atoms with Gasteiger partial charge in [-0.05, 0) is 19.8 Å². The molecule has 7 heteroatoms. The number of aromatic nitrogens is 1. The molecule has 5 N–H and O–H groups in total. The van der Waals surface area contributed by atoms with E-state index >= 15 is 0 Å². The van der Waals surface area contributed by atoms with E-state index in [1.54, 1.807) is 0 Å². The van der Waals surface area contributed by atoms with Crippen LogP contribution < -0.4 is 16.8 Å². The Kier molecular flexibility index (Phi) is 4.03. The SMILES string of the molecule is CCNc1nc(N)c(C(=O)N2CCC(N)CC2)s1. The molecule has 1 aliphatic rings. The first kappa shape index (κ1) is 13.1. The Labute approximate surface area is 110 Å². The minimum Gasteiger partial charge on any atom is -0.382 e. The minimum absolute atomic E-state index is 0.0268. The number of nitrogens with one attached hydrogen (secondary N) is 1. The van der Waals surface area contributed by atoms with Crippen molar-refractivity contribution in [2.75, 3.05) is 30.7 Å². The number of rotatable bonds is 3. The Morgan fingerprint density at radius 1 is 1.56 bits per heavy atom. The fourth-order valence-corrected chi connectivity index (χ4v) is 2.88. The summed E-state index contributed by atoms with van der Waals surface area (Å²) < 4.78 is 0. The number of hydrogen-bond donors (Lipinski definition) is 3. The molecular formula is C11H19N5OS. The van der Waals surface area contributed by atoms with Crippen LogP contribution in [0.5, 0.6) is 0 Å². The van der Waals surface area contributed by atoms with Gasteiger partial charge in [0.25, 0.3) is 5.91 Å². The van der Waals surface area contributed by atoms with Gasteiger partial charge in [-0.15, -0.1) is 0 Å². The molecule has 1 saturated heterocycles. The van der Waals surface area contributed by atoms with Gasteiger partial charge in [-0.3, -0.25) is 4.79 Å². The molecular weight excluding hydrogens is 250 g/mol. The molecule has 1 amide bonds. The first-order chi connectivity index (χ1) is 8.61. The summed E-state index contributed by atoms with van der Waals surface area (Å²) in [7, 11) is 0. The van der Waals surface area contributed by atoms with Gasteiger partial charge in [-0.2, -0.15) is 0 Å². The molecule has 0 aromatic carbocycles. The molecule has 1 aromatic heterocycles. The van der Waals surface area contributed by atoms with Crippen molar-refractivity contribution in [1.82, 2.24) is 9.88 Å². The average molecular weight is 269 g/mol. The largest absolute Gasteiger partial charge is 0.382 e. The number of carbonyl (C=O) groups is 1. The molecule has 0 spiro atoms. The van der Waals surface area contributed by atoms with Gasteiger partial charge in [0, 0.05) is 25.7 Å². The molecule has 0 atom stereocenters. The lowest BCUT2D eigenvalue weighted by Gasteiger charge is -2.29. The van der Waals surface area contributed by atoms with Crippen LogP contribution in [-0.4, -0.2) is 41.5 Å². The van der Waals surface area contributed by atoms with Crippen molar-refractivity contribution >= 4 is 28.2 Å². The second-order valence-corrected chi connectivity index (χ2v) is 5.39. The van der Waals surface area contributed by atoms with Gasteiger partial charge in [-0.1, -0.05) is 11.3 Å². The van der Waals surface area contributed by atoms with E-state index in [0.717, 1.165) is 19.4 Å². The number of nitrogens with zero attached hydrogens (tertiary/aromatic N) is 2. The van der Waals surface area contributed by atoms with Crippen LogP contribution in [0, 0.1) is 0 Å². The summed E-state index contributed by atoms with van der Waals surface area (Å²) in [4.78, 5) is 18.8. The second-order valence-electron chi connectivity index (χ2n) is 4.39. The number of thiazole rings is 1. The monoisotopic (exact) mass is 269 g/mol. The summed E-state index contributed by atoms with van der Waals surface area (Å²) in [5.41, 5.74) is 11.6. The molecule has 0 unspecified atom stereocenters. The van der Waals surface area contributed by atoms with Crippen LogP contribution in [0.1, 0.15) is 29.4 Å². The van der Waals surface area contributed by atoms with E-state index in [9.17, 15) is 4.79 Å². The molecule has 0 aliphatic carbocycles. The zero-order chi connectivity index (χ0) is 13.1. The molecule has 18 heavy (non-hydrogen) atoms. The second kappa shape index (κ2) is 5.53. The molecule has 2 rings (SSSR count). The van der Waals surface area contributed by atoms with E-state index in [1.807, 2.05) is 11.8 Å². The smallest absolute Gasteiger partial charge is 0.267 e. The molecule has 1 aliphatic heterocycles. The molecule has 2 heterocycles. The van der Waals surface area contributed by atoms with Gasteiger partial charge in [-0.25, -0.2) is 4.98 Å². The van der Waals surface area contributed by atoms with Crippen molar-refractivity contribution in [2.45, 2.75) is 25.8 Å². The molecule has 1 aromatic rings. The van der Waals surface area contributed by atoms with E-state index in [1.165, 1.54) is 11.3 Å². The van der Waals surface area contributed by atoms with Gasteiger partial charge < -0.3 is 21.7 Å². The third-order valence-electron chi connectivity index (χ3n) is 3.00. The lowest BCUT2D eigenvalue weighted by atomic mass is 10.1. The van der Waals surface area contributed by atoms with Crippen molar-refractivity contribution < 1.29 is 4.79 Å². The number of piperidine rings is 1. The molecule has 0 saturated carbocycles. The predicted molar refractivity (Wildman–Crippen MR) is 73.8 cm³/mol. The average Bonchev–Trinajstić information content (AvgIpc) is 2.71. The number of nitrogens with two attached hydrogens (primary N) is 2. The van der Waals surface area contributed by atoms with Crippen LogP contribution in [0.25, 0.3) is 0 Å². The number of carbonyl (C=O) groups excluding carboxylic acids is 1. The van der Waals surface area contributed by atoms with Crippen LogP contribution in [0.15, 0.2) is 0 Å². The van der Waals surface area contributed by atoms with Crippen molar-refractivity contribution in [3.63, 3.8) is 0 Å². The number of hydrogen-bond acceptors (Lipinski definition) is 6. The highest BCUT2D eigenvalue weighted by Crippen LogP contribution is 2.27. The summed E-state index contributed by atoms with van der Waals surface area (Å²) in [5.74, 6) is 0.289. The topological polar surface area (TPSA) is 97.3 Å². The van der Waals surface area contributed by atoms with Gasteiger partial charge in [0.1, 0.15) is 10.7 Å². The van der Waals surface area contributed by atoms with E-state index in [0.29, 0.717) is 28.9 Å². The Hall–Kier alpha value is -1.34. The van der Waals surface area contributed by atoms with Gasteiger partial charge in [0.15, 0.2) is 5.13 Å². The molecule has 0 bridgehead atoms. The molecule has 6 nitrogen and oxygen atoms in total. The van der Waals surface area contributed by atoms with E-state index in [4.69, 9.17) is 11.5 Å². The molecule has 100 valence electrons. The Morgan fingerprint density at radius 2 is 2.22 bits per heavy atom. The van der Waals surface area contributed by atoms with E-state index < -0.39 is 0 Å². The van der Waals surface area contributed by atoms with Gasteiger partial charge >= 0.3 is 0 Å². The minimum atomic E-state index is -0.0268. The van der Waals surface area contributed by atoms with Crippen LogP contribution in [-0.2, 0) is 0 Å². The Balaban J connectivity index is 2.08. The highest BCUT2D eigenvalue weighted by atomic mass is 32.1. The highest BCUT2D eigenvalue weighted by Gasteiger charge is 2.25. The van der Waals surface area contributed by atoms with Crippen molar-refractivity contribution in [2.24, 2.45) is 5.73 Å². The van der Waals surface area contributed by atoms with Crippen LogP contribution in [0.3, 0.4) is 0 Å². The zero-order valence-corrected chi connectivity index (χ0v) is 11.3. The summed E-state index contributed by atoms with van der Waals surface area (Å²) in [5, 5.41) is 3.77. The molecule has 0 radical (unpaired) electrons. The van der Waals surface area contributed by atoms with Crippen molar-refractivity contribution in [1.29, 1.82) is 0 Å². The predicted octanol–water partition coefficient (Wildman–Crippen LogP) is 0.720. The normalized spacial score (nSPS) is 16.9. The highest BCUT2D eigenvalue weighted by molar-refractivity contribution is 7.18. The Morgan fingerprint density at radius 3 is 2.83 bits per heavy atom.